The number of ether oxygens (including phenoxy) is 1. The van der Waals surface area contributed by atoms with Crippen LogP contribution in [0.1, 0.15) is 37.5 Å². The number of fused-ring (bicyclic) bond motifs is 1. The molecular weight excluding hydrogens is 408 g/mol. The van der Waals surface area contributed by atoms with Crippen molar-refractivity contribution in [3.05, 3.63) is 98.7 Å². The van der Waals surface area contributed by atoms with E-state index < -0.39 is 0 Å². The van der Waals surface area contributed by atoms with Gasteiger partial charge < -0.3 is 9.15 Å². The van der Waals surface area contributed by atoms with Gasteiger partial charge in [-0.1, -0.05) is 86.5 Å². The molecule has 0 radical (unpaired) electrons. The van der Waals surface area contributed by atoms with Gasteiger partial charge >= 0.3 is 0 Å². The van der Waals surface area contributed by atoms with Gasteiger partial charge in [-0.3, -0.25) is 4.79 Å². The molecular formula is C27H25ClO3. The van der Waals surface area contributed by atoms with Gasteiger partial charge in [0, 0.05) is 16.1 Å². The van der Waals surface area contributed by atoms with E-state index in [0.29, 0.717) is 21.8 Å². The molecule has 1 aromatic heterocycles. The fourth-order valence-corrected chi connectivity index (χ4v) is 3.69. The summed E-state index contributed by atoms with van der Waals surface area (Å²) in [6, 6.07) is 21.1. The Morgan fingerprint density at radius 3 is 2.35 bits per heavy atom. The molecule has 0 aliphatic heterocycles. The maximum Gasteiger partial charge on any atom is 0.235 e. The maximum absolute atomic E-state index is 13.4. The maximum atomic E-state index is 13.4. The highest BCUT2D eigenvalue weighted by Crippen LogP contribution is 2.33. The quantitative estimate of drug-likeness (QED) is 0.339. The molecule has 3 aromatic carbocycles. The van der Waals surface area contributed by atoms with E-state index in [1.807, 2.05) is 55.5 Å². The van der Waals surface area contributed by atoms with Crippen molar-refractivity contribution < 1.29 is 9.15 Å². The van der Waals surface area contributed by atoms with Gasteiger partial charge in [0.15, 0.2) is 5.76 Å². The van der Waals surface area contributed by atoms with Crippen molar-refractivity contribution in [1.82, 2.24) is 0 Å². The minimum Gasteiger partial charge on any atom is -0.481 e. The van der Waals surface area contributed by atoms with Gasteiger partial charge in [-0.25, -0.2) is 0 Å². The molecule has 0 unspecified atom stereocenters. The molecule has 0 atom stereocenters. The van der Waals surface area contributed by atoms with E-state index in [-0.39, 0.29) is 23.2 Å². The molecule has 3 nitrogen and oxygen atoms in total. The van der Waals surface area contributed by atoms with Crippen molar-refractivity contribution in [2.75, 3.05) is 0 Å². The molecule has 0 spiro atoms. The minimum atomic E-state index is -0.188. The highest BCUT2D eigenvalue weighted by Gasteiger charge is 2.20. The second kappa shape index (κ2) is 8.24. The number of aryl methyl sites for hydroxylation is 1. The molecule has 0 fully saturated rings. The summed E-state index contributed by atoms with van der Waals surface area (Å²) in [7, 11) is 0. The van der Waals surface area contributed by atoms with Crippen LogP contribution in [-0.4, -0.2) is 0 Å². The van der Waals surface area contributed by atoms with Gasteiger partial charge in [0.25, 0.3) is 0 Å². The molecule has 0 aliphatic carbocycles. The summed E-state index contributed by atoms with van der Waals surface area (Å²) in [5.41, 5.74) is 4.17. The third-order valence-electron chi connectivity index (χ3n) is 5.35. The first-order chi connectivity index (χ1) is 14.7. The van der Waals surface area contributed by atoms with Gasteiger partial charge in [-0.2, -0.15) is 0 Å². The van der Waals surface area contributed by atoms with Crippen LogP contribution in [0.15, 0.2) is 75.9 Å². The monoisotopic (exact) mass is 432 g/mol. The molecule has 158 valence electrons. The van der Waals surface area contributed by atoms with Gasteiger partial charge in [0.2, 0.25) is 11.2 Å². The van der Waals surface area contributed by atoms with Crippen LogP contribution >= 0.6 is 11.6 Å². The highest BCUT2D eigenvalue weighted by molar-refractivity contribution is 6.31. The van der Waals surface area contributed by atoms with Gasteiger partial charge in [0.1, 0.15) is 12.2 Å². The first-order valence-electron chi connectivity index (χ1n) is 10.3. The molecule has 4 rings (SSSR count). The predicted octanol–water partition coefficient (Wildman–Crippen LogP) is 7.30. The number of hydrogen-bond acceptors (Lipinski definition) is 3. The zero-order valence-electron chi connectivity index (χ0n) is 18.2. The third kappa shape index (κ3) is 4.38. The average Bonchev–Trinajstić information content (AvgIpc) is 2.74. The Hall–Kier alpha value is -3.04. The lowest BCUT2D eigenvalue weighted by atomic mass is 9.86. The topological polar surface area (TPSA) is 39.4 Å². The number of halogens is 1. The minimum absolute atomic E-state index is 0.0314. The Morgan fingerprint density at radius 1 is 0.968 bits per heavy atom. The summed E-state index contributed by atoms with van der Waals surface area (Å²) in [4.78, 5) is 13.4. The molecule has 0 N–H and O–H groups in total. The van der Waals surface area contributed by atoms with Crippen LogP contribution in [0.4, 0.5) is 0 Å². The summed E-state index contributed by atoms with van der Waals surface area (Å²) in [5, 5.41) is 1.10. The Morgan fingerprint density at radius 2 is 1.68 bits per heavy atom. The largest absolute Gasteiger partial charge is 0.481 e. The van der Waals surface area contributed by atoms with Crippen molar-refractivity contribution >= 4 is 22.6 Å². The van der Waals surface area contributed by atoms with Crippen LogP contribution in [0, 0.1) is 6.92 Å². The number of hydrogen-bond donors (Lipinski definition) is 0. The lowest BCUT2D eigenvalue weighted by Crippen LogP contribution is -2.12. The smallest absolute Gasteiger partial charge is 0.235 e. The van der Waals surface area contributed by atoms with E-state index in [1.54, 1.807) is 6.07 Å². The second-order valence-corrected chi connectivity index (χ2v) is 9.20. The van der Waals surface area contributed by atoms with Crippen LogP contribution in [0.25, 0.3) is 22.3 Å². The standard InChI is InChI=1S/C27H25ClO3/c1-17-9-14-23-21(15-17)24(29)26(30-16-19-7-5-6-8-22(19)28)25(31-23)18-10-12-20(13-11-18)27(2,3)4/h5-15H,16H2,1-4H3. The summed E-state index contributed by atoms with van der Waals surface area (Å²) < 4.78 is 12.2. The Balaban J connectivity index is 1.84. The molecule has 0 saturated carbocycles. The lowest BCUT2D eigenvalue weighted by molar-refractivity contribution is 0.298. The normalized spacial score (nSPS) is 11.6. The number of benzene rings is 3. The third-order valence-corrected chi connectivity index (χ3v) is 5.72. The zero-order chi connectivity index (χ0) is 22.2. The van der Waals surface area contributed by atoms with Gasteiger partial charge in [-0.05, 0) is 36.1 Å². The lowest BCUT2D eigenvalue weighted by Gasteiger charge is -2.19. The van der Waals surface area contributed by atoms with E-state index in [9.17, 15) is 4.79 Å². The summed E-state index contributed by atoms with van der Waals surface area (Å²) >= 11 is 6.28. The first kappa shape index (κ1) is 21.2. The van der Waals surface area contributed by atoms with Crippen molar-refractivity contribution in [2.24, 2.45) is 0 Å². The van der Waals surface area contributed by atoms with Crippen LogP contribution < -0.4 is 10.2 Å². The van der Waals surface area contributed by atoms with E-state index in [4.69, 9.17) is 20.8 Å². The molecule has 4 heteroatoms. The molecule has 4 aromatic rings. The van der Waals surface area contributed by atoms with Gasteiger partial charge in [-0.15, -0.1) is 0 Å². The molecule has 0 aliphatic rings. The van der Waals surface area contributed by atoms with Crippen LogP contribution in [0.2, 0.25) is 5.02 Å². The van der Waals surface area contributed by atoms with Gasteiger partial charge in [0.05, 0.1) is 5.39 Å². The van der Waals surface area contributed by atoms with Crippen molar-refractivity contribution in [2.45, 2.75) is 39.7 Å². The van der Waals surface area contributed by atoms with Crippen LogP contribution in [0.5, 0.6) is 5.75 Å². The van der Waals surface area contributed by atoms with E-state index in [1.165, 1.54) is 5.56 Å². The van der Waals surface area contributed by atoms with Crippen molar-refractivity contribution in [1.29, 1.82) is 0 Å². The zero-order valence-corrected chi connectivity index (χ0v) is 18.9. The molecule has 0 amide bonds. The number of rotatable bonds is 4. The summed E-state index contributed by atoms with van der Waals surface area (Å²) in [6.45, 7) is 8.62. The first-order valence-corrected chi connectivity index (χ1v) is 10.7. The summed E-state index contributed by atoms with van der Waals surface area (Å²) in [6.07, 6.45) is 0. The van der Waals surface area contributed by atoms with Crippen LogP contribution in [-0.2, 0) is 12.0 Å². The Kier molecular flexibility index (Phi) is 5.63. The second-order valence-electron chi connectivity index (χ2n) is 8.80. The van der Waals surface area contributed by atoms with E-state index in [2.05, 4.69) is 32.9 Å². The average molecular weight is 433 g/mol. The predicted molar refractivity (Wildman–Crippen MR) is 127 cm³/mol. The van der Waals surface area contributed by atoms with Crippen molar-refractivity contribution in [3.8, 4) is 17.1 Å². The summed E-state index contributed by atoms with van der Waals surface area (Å²) in [5.74, 6) is 0.621. The molecule has 31 heavy (non-hydrogen) atoms. The molecule has 0 saturated heterocycles. The fourth-order valence-electron chi connectivity index (χ4n) is 3.50. The molecule has 0 bridgehead atoms. The highest BCUT2D eigenvalue weighted by atomic mass is 35.5. The van der Waals surface area contributed by atoms with E-state index >= 15 is 0 Å². The molecule has 1 heterocycles. The van der Waals surface area contributed by atoms with Crippen LogP contribution in [0.3, 0.4) is 0 Å². The van der Waals surface area contributed by atoms with E-state index in [0.717, 1.165) is 16.7 Å². The Bertz CT molecular complexity index is 1300. The fraction of sp³-hybridized carbons (Fsp3) is 0.222. The van der Waals surface area contributed by atoms with Crippen molar-refractivity contribution in [3.63, 3.8) is 0 Å². The Labute approximate surface area is 187 Å². The SMILES string of the molecule is Cc1ccc2oc(-c3ccc(C(C)(C)C)cc3)c(OCc3ccccc3Cl)c(=O)c2c1.